The summed E-state index contributed by atoms with van der Waals surface area (Å²) in [4.78, 5) is 18.8. The first-order valence-electron chi connectivity index (χ1n) is 7.63. The molecule has 0 aliphatic carbocycles. The number of amides is 1. The predicted octanol–water partition coefficient (Wildman–Crippen LogP) is 2.01. The lowest BCUT2D eigenvalue weighted by Gasteiger charge is -2.44. The summed E-state index contributed by atoms with van der Waals surface area (Å²) >= 11 is 0. The third-order valence-corrected chi connectivity index (χ3v) is 4.40. The summed E-state index contributed by atoms with van der Waals surface area (Å²) < 4.78 is 5.44. The minimum atomic E-state index is -1.61. The Kier molecular flexibility index (Phi) is 3.92. The second kappa shape index (κ2) is 5.76. The lowest BCUT2D eigenvalue weighted by molar-refractivity contribution is -0.146. The average molecular weight is 312 g/mol. The first-order chi connectivity index (χ1) is 11.1. The van der Waals surface area contributed by atoms with E-state index in [9.17, 15) is 9.90 Å². The van der Waals surface area contributed by atoms with Gasteiger partial charge in [0.05, 0.1) is 11.4 Å². The van der Waals surface area contributed by atoms with E-state index in [4.69, 9.17) is 4.74 Å². The summed E-state index contributed by atoms with van der Waals surface area (Å²) in [5, 5.41) is 11.6. The Labute approximate surface area is 135 Å². The van der Waals surface area contributed by atoms with Gasteiger partial charge in [0.1, 0.15) is 0 Å². The fourth-order valence-electron chi connectivity index (χ4n) is 3.39. The highest BCUT2D eigenvalue weighted by Crippen LogP contribution is 2.45. The number of aryl methyl sites for hydroxylation is 1. The molecular weight excluding hydrogens is 292 g/mol. The molecule has 0 fully saturated rings. The lowest BCUT2D eigenvalue weighted by atomic mass is 9.77. The van der Waals surface area contributed by atoms with Gasteiger partial charge in [0, 0.05) is 25.4 Å². The maximum absolute atomic E-state index is 12.9. The van der Waals surface area contributed by atoms with E-state index in [2.05, 4.69) is 4.98 Å². The molecule has 1 aliphatic rings. The van der Waals surface area contributed by atoms with Crippen LogP contribution in [0.15, 0.2) is 42.6 Å². The van der Waals surface area contributed by atoms with Gasteiger partial charge in [0.2, 0.25) is 0 Å². The second-order valence-corrected chi connectivity index (χ2v) is 5.65. The molecular formula is C18H20N2O3. The van der Waals surface area contributed by atoms with E-state index >= 15 is 0 Å². The van der Waals surface area contributed by atoms with Gasteiger partial charge in [-0.25, -0.2) is 0 Å². The number of methoxy groups -OCH3 is 1. The number of aromatic nitrogens is 1. The first-order valence-corrected chi connectivity index (χ1v) is 7.63. The monoisotopic (exact) mass is 312 g/mol. The van der Waals surface area contributed by atoms with Crippen molar-refractivity contribution in [3.05, 3.63) is 59.4 Å². The Hall–Kier alpha value is -2.24. The average Bonchev–Trinajstić information content (AvgIpc) is 2.56. The van der Waals surface area contributed by atoms with E-state index in [-0.39, 0.29) is 5.91 Å². The van der Waals surface area contributed by atoms with Crippen LogP contribution < -0.4 is 4.90 Å². The normalized spacial score (nSPS) is 23.7. The smallest absolute Gasteiger partial charge is 0.259 e. The molecule has 120 valence electrons. The van der Waals surface area contributed by atoms with Gasteiger partial charge in [-0.2, -0.15) is 0 Å². The largest absolute Gasteiger partial charge is 0.375 e. The van der Waals surface area contributed by atoms with Crippen LogP contribution in [-0.4, -0.2) is 35.8 Å². The van der Waals surface area contributed by atoms with E-state index < -0.39 is 11.7 Å². The van der Waals surface area contributed by atoms with Crippen molar-refractivity contribution in [2.45, 2.75) is 25.6 Å². The molecule has 1 amide bonds. The maximum Gasteiger partial charge on any atom is 0.259 e. The molecule has 2 atom stereocenters. The lowest BCUT2D eigenvalue weighted by Crippen LogP contribution is -2.57. The minimum Gasteiger partial charge on any atom is -0.375 e. The highest BCUT2D eigenvalue weighted by molar-refractivity contribution is 6.02. The minimum absolute atomic E-state index is 0.263. The van der Waals surface area contributed by atoms with Gasteiger partial charge in [0.15, 0.2) is 11.7 Å². The summed E-state index contributed by atoms with van der Waals surface area (Å²) in [6.07, 6.45) is 0.570. The summed E-state index contributed by atoms with van der Waals surface area (Å²) in [6.45, 7) is 4.33. The number of hydrogen-bond donors (Lipinski definition) is 1. The van der Waals surface area contributed by atoms with Crippen molar-refractivity contribution in [1.82, 2.24) is 4.98 Å². The highest BCUT2D eigenvalue weighted by atomic mass is 16.5. The molecule has 23 heavy (non-hydrogen) atoms. The van der Waals surface area contributed by atoms with Crippen molar-refractivity contribution in [3.63, 3.8) is 0 Å². The zero-order chi connectivity index (χ0) is 16.6. The number of ether oxygens (including phenoxy) is 1. The molecule has 1 aromatic carbocycles. The molecule has 0 saturated heterocycles. The Balaban J connectivity index is 2.35. The third kappa shape index (κ3) is 2.16. The summed E-state index contributed by atoms with van der Waals surface area (Å²) in [5.41, 5.74) is 1.07. The Bertz CT molecular complexity index is 732. The van der Waals surface area contributed by atoms with Crippen LogP contribution in [0.2, 0.25) is 0 Å². The van der Waals surface area contributed by atoms with E-state index in [0.717, 1.165) is 5.56 Å². The number of pyridine rings is 1. The standard InChI is InChI=1S/C18H20N2O3/c1-4-20-13-9-7-8-12(2)15(13)18(22,16(23-3)17(20)21)14-10-5-6-11-19-14/h5-11,16,22H,4H2,1-3H3. The number of fused-ring (bicyclic) bond motifs is 1. The molecule has 2 unspecified atom stereocenters. The molecule has 0 radical (unpaired) electrons. The number of anilines is 1. The molecule has 2 aromatic rings. The van der Waals surface area contributed by atoms with Crippen molar-refractivity contribution in [3.8, 4) is 0 Å². The Morgan fingerprint density at radius 1 is 1.30 bits per heavy atom. The molecule has 2 heterocycles. The van der Waals surface area contributed by atoms with Gasteiger partial charge in [-0.3, -0.25) is 9.78 Å². The molecule has 1 aliphatic heterocycles. The van der Waals surface area contributed by atoms with Gasteiger partial charge >= 0.3 is 0 Å². The van der Waals surface area contributed by atoms with Crippen LogP contribution in [0.1, 0.15) is 23.7 Å². The van der Waals surface area contributed by atoms with Crippen LogP contribution in [0.3, 0.4) is 0 Å². The molecule has 5 heteroatoms. The van der Waals surface area contributed by atoms with Crippen molar-refractivity contribution >= 4 is 11.6 Å². The fourth-order valence-corrected chi connectivity index (χ4v) is 3.39. The van der Waals surface area contributed by atoms with Crippen molar-refractivity contribution < 1.29 is 14.6 Å². The van der Waals surface area contributed by atoms with Crippen molar-refractivity contribution in [2.75, 3.05) is 18.6 Å². The summed E-state index contributed by atoms with van der Waals surface area (Å²) in [6, 6.07) is 10.9. The van der Waals surface area contributed by atoms with Crippen LogP contribution in [-0.2, 0) is 15.1 Å². The number of likely N-dealkylation sites (N-methyl/N-ethyl adjacent to an activating group) is 1. The van der Waals surface area contributed by atoms with Gasteiger partial charge in [-0.1, -0.05) is 18.2 Å². The molecule has 5 nitrogen and oxygen atoms in total. The molecule has 1 N–H and O–H groups in total. The van der Waals surface area contributed by atoms with Crippen LogP contribution in [0.5, 0.6) is 0 Å². The second-order valence-electron chi connectivity index (χ2n) is 5.65. The van der Waals surface area contributed by atoms with Gasteiger partial charge in [-0.15, -0.1) is 0 Å². The quantitative estimate of drug-likeness (QED) is 0.942. The first kappa shape index (κ1) is 15.6. The van der Waals surface area contributed by atoms with Gasteiger partial charge in [0.25, 0.3) is 5.91 Å². The fraction of sp³-hybridized carbons (Fsp3) is 0.333. The van der Waals surface area contributed by atoms with E-state index in [1.165, 1.54) is 7.11 Å². The SMILES string of the molecule is CCN1C(=O)C(OC)C(O)(c2ccccn2)c2c(C)cccc21. The zero-order valence-electron chi connectivity index (χ0n) is 13.5. The number of carbonyl (C=O) groups is 1. The highest BCUT2D eigenvalue weighted by Gasteiger charge is 2.53. The predicted molar refractivity (Wildman–Crippen MR) is 87.2 cm³/mol. The molecule has 1 aromatic heterocycles. The number of hydrogen-bond acceptors (Lipinski definition) is 4. The zero-order valence-corrected chi connectivity index (χ0v) is 13.5. The molecule has 0 spiro atoms. The molecule has 0 saturated carbocycles. The van der Waals surface area contributed by atoms with Gasteiger partial charge < -0.3 is 14.7 Å². The number of rotatable bonds is 3. The molecule has 3 rings (SSSR count). The number of nitrogens with zero attached hydrogens (tertiary/aromatic N) is 2. The van der Waals surface area contributed by atoms with E-state index in [0.29, 0.717) is 23.5 Å². The van der Waals surface area contributed by atoms with Crippen LogP contribution in [0.25, 0.3) is 0 Å². The summed E-state index contributed by atoms with van der Waals surface area (Å²) in [7, 11) is 1.44. The Morgan fingerprint density at radius 2 is 2.09 bits per heavy atom. The maximum atomic E-state index is 12.9. The van der Waals surface area contributed by atoms with Crippen LogP contribution >= 0.6 is 0 Å². The van der Waals surface area contributed by atoms with Crippen LogP contribution in [0.4, 0.5) is 5.69 Å². The third-order valence-electron chi connectivity index (χ3n) is 4.40. The van der Waals surface area contributed by atoms with E-state index in [1.54, 1.807) is 29.3 Å². The van der Waals surface area contributed by atoms with Crippen LogP contribution in [0, 0.1) is 6.92 Å². The number of aliphatic hydroxyl groups is 1. The number of carbonyl (C=O) groups excluding carboxylic acids is 1. The topological polar surface area (TPSA) is 62.7 Å². The Morgan fingerprint density at radius 3 is 2.70 bits per heavy atom. The van der Waals surface area contributed by atoms with E-state index in [1.807, 2.05) is 32.0 Å². The van der Waals surface area contributed by atoms with Crippen molar-refractivity contribution in [2.24, 2.45) is 0 Å². The van der Waals surface area contributed by atoms with Crippen molar-refractivity contribution in [1.29, 1.82) is 0 Å². The number of benzene rings is 1. The van der Waals surface area contributed by atoms with Gasteiger partial charge in [-0.05, 0) is 37.6 Å². The summed E-state index contributed by atoms with van der Waals surface area (Å²) in [5.74, 6) is -0.263. The molecule has 0 bridgehead atoms.